The van der Waals surface area contributed by atoms with Crippen LogP contribution in [0.4, 0.5) is 0 Å². The first-order chi connectivity index (χ1) is 9.56. The second-order valence-electron chi connectivity index (χ2n) is 5.75. The van der Waals surface area contributed by atoms with Crippen LogP contribution in [-0.2, 0) is 10.2 Å². The van der Waals surface area contributed by atoms with Crippen molar-refractivity contribution in [2.24, 2.45) is 5.92 Å². The van der Waals surface area contributed by atoms with Crippen LogP contribution < -0.4 is 4.72 Å². The van der Waals surface area contributed by atoms with E-state index in [1.54, 1.807) is 4.31 Å². The Balaban J connectivity index is 1.81. The van der Waals surface area contributed by atoms with Gasteiger partial charge in [-0.05, 0) is 50.7 Å². The molecule has 1 atom stereocenters. The Morgan fingerprint density at radius 3 is 2.60 bits per heavy atom. The molecule has 0 aromatic carbocycles. The van der Waals surface area contributed by atoms with E-state index in [0.717, 1.165) is 37.1 Å². The van der Waals surface area contributed by atoms with Crippen LogP contribution in [0.15, 0.2) is 18.2 Å². The minimum Gasteiger partial charge on any atom is -0.256 e. The molecule has 1 unspecified atom stereocenters. The molecule has 20 heavy (non-hydrogen) atoms. The van der Waals surface area contributed by atoms with Crippen molar-refractivity contribution in [2.75, 3.05) is 13.1 Å². The molecule has 1 aliphatic heterocycles. The van der Waals surface area contributed by atoms with Gasteiger partial charge in [0.2, 0.25) is 0 Å². The molecule has 0 amide bonds. The van der Waals surface area contributed by atoms with Crippen molar-refractivity contribution < 1.29 is 8.42 Å². The normalized spacial score (nSPS) is 22.1. The van der Waals surface area contributed by atoms with E-state index in [2.05, 4.69) is 9.71 Å². The van der Waals surface area contributed by atoms with Crippen molar-refractivity contribution in [3.8, 4) is 0 Å². The maximum atomic E-state index is 12.4. The van der Waals surface area contributed by atoms with Crippen molar-refractivity contribution >= 4 is 10.2 Å². The van der Waals surface area contributed by atoms with Gasteiger partial charge in [-0.3, -0.25) is 4.98 Å². The lowest BCUT2D eigenvalue weighted by Crippen LogP contribution is -2.41. The molecule has 0 radical (unpaired) electrons. The number of nitrogens with zero attached hydrogens (tertiary/aromatic N) is 2. The van der Waals surface area contributed by atoms with Gasteiger partial charge >= 0.3 is 0 Å². The quantitative estimate of drug-likeness (QED) is 0.900. The highest BCUT2D eigenvalue weighted by Gasteiger charge is 2.38. The third-order valence-corrected chi connectivity index (χ3v) is 5.60. The molecule has 0 spiro atoms. The third kappa shape index (κ3) is 3.02. The van der Waals surface area contributed by atoms with E-state index in [1.807, 2.05) is 25.1 Å². The van der Waals surface area contributed by atoms with Crippen LogP contribution in [-0.4, -0.2) is 30.8 Å². The summed E-state index contributed by atoms with van der Waals surface area (Å²) in [6.45, 7) is 3.20. The molecule has 6 heteroatoms. The summed E-state index contributed by atoms with van der Waals surface area (Å²) in [7, 11) is -3.38. The van der Waals surface area contributed by atoms with E-state index >= 15 is 0 Å². The van der Waals surface area contributed by atoms with Gasteiger partial charge in [0.05, 0.1) is 11.7 Å². The maximum absolute atomic E-state index is 12.4. The second-order valence-corrected chi connectivity index (χ2v) is 7.45. The lowest BCUT2D eigenvalue weighted by atomic mass is 10.1. The SMILES string of the molecule is Cc1cccc(C(NS(=O)(=O)N2CCCC2)C2CC2)n1. The van der Waals surface area contributed by atoms with Crippen LogP contribution in [0.5, 0.6) is 0 Å². The van der Waals surface area contributed by atoms with Gasteiger partial charge in [0, 0.05) is 18.8 Å². The number of hydrogen-bond acceptors (Lipinski definition) is 3. The maximum Gasteiger partial charge on any atom is 0.280 e. The Bertz CT molecular complexity index is 578. The molecule has 3 rings (SSSR count). The van der Waals surface area contributed by atoms with Crippen LogP contribution in [0, 0.1) is 12.8 Å². The minimum absolute atomic E-state index is 0.180. The predicted octanol–water partition coefficient (Wildman–Crippen LogP) is 1.77. The van der Waals surface area contributed by atoms with Crippen molar-refractivity contribution in [1.29, 1.82) is 0 Å². The molecule has 1 aromatic heterocycles. The summed E-state index contributed by atoms with van der Waals surface area (Å²) in [5.74, 6) is 0.390. The molecule has 1 aromatic rings. The molecular weight excluding hydrogens is 274 g/mol. The number of pyridine rings is 1. The highest BCUT2D eigenvalue weighted by molar-refractivity contribution is 7.87. The summed E-state index contributed by atoms with van der Waals surface area (Å²) in [5, 5.41) is 0. The number of aromatic nitrogens is 1. The van der Waals surface area contributed by atoms with Crippen LogP contribution in [0.25, 0.3) is 0 Å². The first-order valence-electron chi connectivity index (χ1n) is 7.27. The minimum atomic E-state index is -3.38. The molecular formula is C14H21N3O2S. The Labute approximate surface area is 120 Å². The van der Waals surface area contributed by atoms with Crippen LogP contribution >= 0.6 is 0 Å². The lowest BCUT2D eigenvalue weighted by Gasteiger charge is -2.22. The fourth-order valence-electron chi connectivity index (χ4n) is 2.73. The van der Waals surface area contributed by atoms with E-state index in [1.165, 1.54) is 0 Å². The molecule has 2 fully saturated rings. The van der Waals surface area contributed by atoms with Gasteiger partial charge in [0.15, 0.2) is 0 Å². The van der Waals surface area contributed by atoms with Gasteiger partial charge < -0.3 is 0 Å². The van der Waals surface area contributed by atoms with E-state index in [9.17, 15) is 8.42 Å². The molecule has 1 saturated heterocycles. The molecule has 2 heterocycles. The van der Waals surface area contributed by atoms with Crippen LogP contribution in [0.2, 0.25) is 0 Å². The van der Waals surface area contributed by atoms with Crippen LogP contribution in [0.3, 0.4) is 0 Å². The zero-order valence-electron chi connectivity index (χ0n) is 11.7. The highest BCUT2D eigenvalue weighted by Crippen LogP contribution is 2.41. The average molecular weight is 295 g/mol. The van der Waals surface area contributed by atoms with Gasteiger partial charge in [-0.1, -0.05) is 6.07 Å². The first-order valence-corrected chi connectivity index (χ1v) is 8.71. The molecule has 1 aliphatic carbocycles. The number of aryl methyl sites for hydroxylation is 1. The van der Waals surface area contributed by atoms with Crippen LogP contribution in [0.1, 0.15) is 43.1 Å². The van der Waals surface area contributed by atoms with Crippen molar-refractivity contribution in [3.63, 3.8) is 0 Å². The largest absolute Gasteiger partial charge is 0.280 e. The number of hydrogen-bond donors (Lipinski definition) is 1. The Hall–Kier alpha value is -0.980. The third-order valence-electron chi connectivity index (χ3n) is 4.00. The van der Waals surface area contributed by atoms with Gasteiger partial charge in [0.25, 0.3) is 10.2 Å². The first kappa shape index (κ1) is 14.0. The monoisotopic (exact) mass is 295 g/mol. The number of nitrogens with one attached hydrogen (secondary N) is 1. The lowest BCUT2D eigenvalue weighted by molar-refractivity contribution is 0.441. The fraction of sp³-hybridized carbons (Fsp3) is 0.643. The summed E-state index contributed by atoms with van der Waals surface area (Å²) in [5.41, 5.74) is 1.77. The Morgan fingerprint density at radius 2 is 2.00 bits per heavy atom. The van der Waals surface area contributed by atoms with Crippen molar-refractivity contribution in [2.45, 2.75) is 38.6 Å². The summed E-state index contributed by atoms with van der Waals surface area (Å²) in [6.07, 6.45) is 4.06. The second kappa shape index (κ2) is 5.42. The van der Waals surface area contributed by atoms with Gasteiger partial charge in [-0.25, -0.2) is 0 Å². The van der Waals surface area contributed by atoms with Gasteiger partial charge in [-0.2, -0.15) is 17.4 Å². The highest BCUT2D eigenvalue weighted by atomic mass is 32.2. The van der Waals surface area contributed by atoms with Gasteiger partial charge in [-0.15, -0.1) is 0 Å². The van der Waals surface area contributed by atoms with Crippen molar-refractivity contribution in [3.05, 3.63) is 29.6 Å². The van der Waals surface area contributed by atoms with E-state index in [-0.39, 0.29) is 6.04 Å². The Kier molecular flexibility index (Phi) is 3.79. The summed E-state index contributed by atoms with van der Waals surface area (Å²) in [6, 6.07) is 5.61. The van der Waals surface area contributed by atoms with E-state index in [4.69, 9.17) is 0 Å². The molecule has 110 valence electrons. The molecule has 1 saturated carbocycles. The average Bonchev–Trinajstić information content (AvgIpc) is 3.08. The van der Waals surface area contributed by atoms with E-state index in [0.29, 0.717) is 19.0 Å². The summed E-state index contributed by atoms with van der Waals surface area (Å²) >= 11 is 0. The molecule has 0 bridgehead atoms. The molecule has 5 nitrogen and oxygen atoms in total. The van der Waals surface area contributed by atoms with Gasteiger partial charge in [0.1, 0.15) is 0 Å². The van der Waals surface area contributed by atoms with E-state index < -0.39 is 10.2 Å². The zero-order chi connectivity index (χ0) is 14.2. The molecule has 2 aliphatic rings. The topological polar surface area (TPSA) is 62.3 Å². The number of rotatable bonds is 5. The summed E-state index contributed by atoms with van der Waals surface area (Å²) < 4.78 is 29.3. The smallest absolute Gasteiger partial charge is 0.256 e. The predicted molar refractivity (Wildman–Crippen MR) is 77.3 cm³/mol. The fourth-order valence-corrected chi connectivity index (χ4v) is 4.25. The van der Waals surface area contributed by atoms with Crippen molar-refractivity contribution in [1.82, 2.24) is 14.0 Å². The Morgan fingerprint density at radius 1 is 1.30 bits per heavy atom. The molecule has 1 N–H and O–H groups in total. The zero-order valence-corrected chi connectivity index (χ0v) is 12.6. The summed E-state index contributed by atoms with van der Waals surface area (Å²) in [4.78, 5) is 4.50. The standard InChI is InChI=1S/C14H21N3O2S/c1-11-5-4-6-13(15-11)14(12-7-8-12)16-20(18,19)17-9-2-3-10-17/h4-6,12,14,16H,2-3,7-10H2,1H3.